The minimum Gasteiger partial charge on any atom is -0.467 e. The summed E-state index contributed by atoms with van der Waals surface area (Å²) in [5, 5.41) is 10.0. The summed E-state index contributed by atoms with van der Waals surface area (Å²) >= 11 is 0. The van der Waals surface area contributed by atoms with E-state index in [0.717, 1.165) is 18.7 Å². The smallest absolute Gasteiger partial charge is 0.246 e. The zero-order chi connectivity index (χ0) is 15.6. The number of aliphatic imine (C=N–C) groups is 1. The van der Waals surface area contributed by atoms with Gasteiger partial charge in [-0.1, -0.05) is 5.16 Å². The standard InChI is InChI=1S/C14H21N5O3/c1-11-18-13(22-19-11)9-17-14(15-2)16-6-4-7-20-10-12-5-3-8-21-12/h3,5,8H,4,6-7,9-10H2,1-2H3,(H2,15,16,17). The van der Waals surface area contributed by atoms with Gasteiger partial charge in [-0.3, -0.25) is 4.99 Å². The summed E-state index contributed by atoms with van der Waals surface area (Å²) in [6.45, 7) is 4.11. The summed E-state index contributed by atoms with van der Waals surface area (Å²) < 4.78 is 15.7. The molecule has 0 spiro atoms. The van der Waals surface area contributed by atoms with Crippen LogP contribution in [0.15, 0.2) is 32.3 Å². The van der Waals surface area contributed by atoms with E-state index in [-0.39, 0.29) is 0 Å². The second-order valence-corrected chi connectivity index (χ2v) is 4.57. The lowest BCUT2D eigenvalue weighted by molar-refractivity contribution is 0.105. The van der Waals surface area contributed by atoms with Gasteiger partial charge in [-0.05, 0) is 25.5 Å². The molecule has 0 bridgehead atoms. The van der Waals surface area contributed by atoms with E-state index < -0.39 is 0 Å². The quantitative estimate of drug-likeness (QED) is 0.430. The molecule has 2 aromatic rings. The van der Waals surface area contributed by atoms with Gasteiger partial charge in [-0.15, -0.1) is 0 Å². The number of rotatable bonds is 8. The zero-order valence-electron chi connectivity index (χ0n) is 12.8. The van der Waals surface area contributed by atoms with E-state index in [0.29, 0.717) is 37.4 Å². The van der Waals surface area contributed by atoms with Crippen molar-refractivity contribution >= 4 is 5.96 Å². The van der Waals surface area contributed by atoms with E-state index in [9.17, 15) is 0 Å². The summed E-state index contributed by atoms with van der Waals surface area (Å²) in [4.78, 5) is 8.23. The predicted molar refractivity (Wildman–Crippen MR) is 80.2 cm³/mol. The molecule has 8 nitrogen and oxygen atoms in total. The Morgan fingerprint density at radius 2 is 2.32 bits per heavy atom. The lowest BCUT2D eigenvalue weighted by Gasteiger charge is -2.10. The van der Waals surface area contributed by atoms with Gasteiger partial charge in [-0.25, -0.2) is 0 Å². The first kappa shape index (κ1) is 16.0. The van der Waals surface area contributed by atoms with Crippen LogP contribution in [-0.2, 0) is 17.9 Å². The molecule has 0 atom stereocenters. The molecular formula is C14H21N5O3. The Balaban J connectivity index is 1.54. The summed E-state index contributed by atoms with van der Waals surface area (Å²) in [6, 6.07) is 3.74. The van der Waals surface area contributed by atoms with Crippen LogP contribution in [0.25, 0.3) is 0 Å². The highest BCUT2D eigenvalue weighted by Gasteiger charge is 2.03. The van der Waals surface area contributed by atoms with Crippen molar-refractivity contribution in [2.24, 2.45) is 4.99 Å². The fourth-order valence-electron chi connectivity index (χ4n) is 1.74. The minimum atomic E-state index is 0.440. The molecule has 0 saturated carbocycles. The van der Waals surface area contributed by atoms with Gasteiger partial charge in [0, 0.05) is 20.2 Å². The maximum Gasteiger partial charge on any atom is 0.246 e. The normalized spacial score (nSPS) is 11.6. The van der Waals surface area contributed by atoms with Crippen LogP contribution in [0.1, 0.15) is 23.9 Å². The van der Waals surface area contributed by atoms with E-state index in [2.05, 4.69) is 25.8 Å². The van der Waals surface area contributed by atoms with Gasteiger partial charge >= 0.3 is 0 Å². The molecule has 0 unspecified atom stereocenters. The molecular weight excluding hydrogens is 286 g/mol. The molecule has 2 heterocycles. The van der Waals surface area contributed by atoms with Gasteiger partial charge in [0.15, 0.2) is 11.8 Å². The molecule has 0 aliphatic heterocycles. The van der Waals surface area contributed by atoms with Crippen molar-refractivity contribution in [2.45, 2.75) is 26.5 Å². The number of aromatic nitrogens is 2. The number of nitrogens with zero attached hydrogens (tertiary/aromatic N) is 3. The summed E-state index contributed by atoms with van der Waals surface area (Å²) in [7, 11) is 1.71. The minimum absolute atomic E-state index is 0.440. The number of furan rings is 1. The lowest BCUT2D eigenvalue weighted by atomic mass is 10.4. The van der Waals surface area contributed by atoms with E-state index in [4.69, 9.17) is 13.7 Å². The first-order chi connectivity index (χ1) is 10.8. The van der Waals surface area contributed by atoms with Gasteiger partial charge in [0.1, 0.15) is 12.4 Å². The number of ether oxygens (including phenoxy) is 1. The van der Waals surface area contributed by atoms with E-state index in [1.54, 1.807) is 20.2 Å². The highest BCUT2D eigenvalue weighted by atomic mass is 16.5. The summed E-state index contributed by atoms with van der Waals surface area (Å²) in [5.41, 5.74) is 0. The molecule has 2 aromatic heterocycles. The third kappa shape index (κ3) is 5.57. The number of guanidine groups is 1. The third-order valence-corrected chi connectivity index (χ3v) is 2.78. The summed E-state index contributed by atoms with van der Waals surface area (Å²) in [6.07, 6.45) is 2.50. The van der Waals surface area contributed by atoms with Gasteiger partial charge in [0.05, 0.1) is 12.8 Å². The molecule has 0 aliphatic rings. The molecule has 0 saturated heterocycles. The Morgan fingerprint density at radius 3 is 3.00 bits per heavy atom. The SMILES string of the molecule is CN=C(NCCCOCc1ccco1)NCc1nc(C)no1. The van der Waals surface area contributed by atoms with Gasteiger partial charge in [0.2, 0.25) is 5.89 Å². The van der Waals surface area contributed by atoms with Crippen LogP contribution in [0.3, 0.4) is 0 Å². The largest absolute Gasteiger partial charge is 0.467 e. The van der Waals surface area contributed by atoms with Crippen molar-refractivity contribution in [2.75, 3.05) is 20.2 Å². The van der Waals surface area contributed by atoms with Crippen LogP contribution >= 0.6 is 0 Å². The summed E-state index contributed by atoms with van der Waals surface area (Å²) in [5.74, 6) is 2.66. The van der Waals surface area contributed by atoms with Crippen molar-refractivity contribution in [1.82, 2.24) is 20.8 Å². The predicted octanol–water partition coefficient (Wildman–Crippen LogP) is 1.24. The van der Waals surface area contributed by atoms with E-state index in [1.807, 2.05) is 12.1 Å². The van der Waals surface area contributed by atoms with Crippen molar-refractivity contribution < 1.29 is 13.7 Å². The highest BCUT2D eigenvalue weighted by Crippen LogP contribution is 2.01. The van der Waals surface area contributed by atoms with Crippen molar-refractivity contribution in [1.29, 1.82) is 0 Å². The second kappa shape index (κ2) is 8.83. The average molecular weight is 307 g/mol. The van der Waals surface area contributed by atoms with Crippen molar-refractivity contribution in [3.8, 4) is 0 Å². The molecule has 0 radical (unpaired) electrons. The molecule has 8 heteroatoms. The Hall–Kier alpha value is -2.35. The zero-order valence-corrected chi connectivity index (χ0v) is 12.8. The maximum absolute atomic E-state index is 5.50. The number of nitrogens with one attached hydrogen (secondary N) is 2. The Morgan fingerprint density at radius 1 is 1.41 bits per heavy atom. The van der Waals surface area contributed by atoms with Crippen LogP contribution in [-0.4, -0.2) is 36.3 Å². The van der Waals surface area contributed by atoms with Crippen LogP contribution in [0, 0.1) is 6.92 Å². The first-order valence-electron chi connectivity index (χ1n) is 7.12. The molecule has 0 aromatic carbocycles. The first-order valence-corrected chi connectivity index (χ1v) is 7.12. The van der Waals surface area contributed by atoms with Crippen LogP contribution in [0.2, 0.25) is 0 Å². The highest BCUT2D eigenvalue weighted by molar-refractivity contribution is 5.79. The van der Waals surface area contributed by atoms with E-state index >= 15 is 0 Å². The molecule has 0 fully saturated rings. The fraction of sp³-hybridized carbons (Fsp3) is 0.500. The molecule has 120 valence electrons. The molecule has 22 heavy (non-hydrogen) atoms. The van der Waals surface area contributed by atoms with Crippen molar-refractivity contribution in [3.05, 3.63) is 35.9 Å². The van der Waals surface area contributed by atoms with Gasteiger partial charge in [0.25, 0.3) is 0 Å². The Kier molecular flexibility index (Phi) is 6.43. The molecule has 0 amide bonds. The average Bonchev–Trinajstić information content (AvgIpc) is 3.17. The fourth-order valence-corrected chi connectivity index (χ4v) is 1.74. The van der Waals surface area contributed by atoms with Gasteiger partial charge < -0.3 is 24.3 Å². The third-order valence-electron chi connectivity index (χ3n) is 2.78. The maximum atomic E-state index is 5.50. The second-order valence-electron chi connectivity index (χ2n) is 4.57. The lowest BCUT2D eigenvalue weighted by Crippen LogP contribution is -2.37. The van der Waals surface area contributed by atoms with Crippen molar-refractivity contribution in [3.63, 3.8) is 0 Å². The van der Waals surface area contributed by atoms with Crippen LogP contribution in [0.5, 0.6) is 0 Å². The van der Waals surface area contributed by atoms with Crippen LogP contribution < -0.4 is 10.6 Å². The molecule has 0 aliphatic carbocycles. The van der Waals surface area contributed by atoms with Crippen LogP contribution in [0.4, 0.5) is 0 Å². The van der Waals surface area contributed by atoms with Gasteiger partial charge in [-0.2, -0.15) is 4.98 Å². The number of hydrogen-bond acceptors (Lipinski definition) is 6. The monoisotopic (exact) mass is 307 g/mol. The molecule has 2 N–H and O–H groups in total. The molecule has 2 rings (SSSR count). The topological polar surface area (TPSA) is 97.7 Å². The number of aryl methyl sites for hydroxylation is 1. The Bertz CT molecular complexity index is 565. The van der Waals surface area contributed by atoms with E-state index in [1.165, 1.54) is 0 Å². The Labute approximate surface area is 128 Å². The number of hydrogen-bond donors (Lipinski definition) is 2.